The lowest BCUT2D eigenvalue weighted by Gasteiger charge is -2.11. The second kappa shape index (κ2) is 8.84. The number of aromatic nitrogens is 2. The maximum absolute atomic E-state index is 12.3. The predicted octanol–water partition coefficient (Wildman–Crippen LogP) is 1.85. The zero-order valence-corrected chi connectivity index (χ0v) is 15.2. The minimum absolute atomic E-state index is 0.0838. The van der Waals surface area contributed by atoms with Crippen LogP contribution in [0.15, 0.2) is 24.3 Å². The number of hydrogen-bond acceptors (Lipinski definition) is 7. The second-order valence-corrected chi connectivity index (χ2v) is 6.88. The number of methoxy groups -OCH3 is 1. The molecule has 2 aromatic rings. The van der Waals surface area contributed by atoms with Gasteiger partial charge in [-0.05, 0) is 31.0 Å². The fourth-order valence-electron chi connectivity index (χ4n) is 2.56. The van der Waals surface area contributed by atoms with E-state index in [-0.39, 0.29) is 22.9 Å². The zero-order chi connectivity index (χ0) is 18.4. The Balaban J connectivity index is 1.58. The predicted molar refractivity (Wildman–Crippen MR) is 96.3 cm³/mol. The Morgan fingerprint density at radius 1 is 1.35 bits per heavy atom. The number of carbonyl (C=O) groups is 2. The van der Waals surface area contributed by atoms with Gasteiger partial charge in [0.05, 0.1) is 12.7 Å². The van der Waals surface area contributed by atoms with Crippen LogP contribution in [-0.2, 0) is 16.1 Å². The molecule has 3 rings (SSSR count). The molecule has 1 saturated heterocycles. The van der Waals surface area contributed by atoms with E-state index in [0.717, 1.165) is 19.4 Å². The monoisotopic (exact) mass is 376 g/mol. The van der Waals surface area contributed by atoms with Crippen molar-refractivity contribution in [2.75, 3.05) is 25.6 Å². The molecule has 0 aliphatic carbocycles. The fourth-order valence-corrected chi connectivity index (χ4v) is 3.27. The van der Waals surface area contributed by atoms with Crippen LogP contribution >= 0.6 is 11.3 Å². The van der Waals surface area contributed by atoms with Gasteiger partial charge in [-0.1, -0.05) is 17.4 Å². The number of nitrogens with one attached hydrogen (secondary N) is 2. The molecule has 0 saturated carbocycles. The van der Waals surface area contributed by atoms with Crippen molar-refractivity contribution >= 4 is 28.8 Å². The smallest absolute Gasteiger partial charge is 0.286 e. The number of nitrogens with zero attached hydrogens (tertiary/aromatic N) is 2. The Labute approximate surface area is 154 Å². The molecule has 0 radical (unpaired) electrons. The lowest BCUT2D eigenvalue weighted by Crippen LogP contribution is -2.31. The average molecular weight is 376 g/mol. The van der Waals surface area contributed by atoms with Crippen LogP contribution in [0.25, 0.3) is 0 Å². The van der Waals surface area contributed by atoms with E-state index in [1.807, 2.05) is 0 Å². The average Bonchev–Trinajstić information content (AvgIpc) is 3.32. The van der Waals surface area contributed by atoms with Gasteiger partial charge in [0.1, 0.15) is 5.01 Å². The van der Waals surface area contributed by atoms with E-state index in [1.54, 1.807) is 31.4 Å². The van der Waals surface area contributed by atoms with Gasteiger partial charge < -0.3 is 20.1 Å². The third-order valence-corrected chi connectivity index (χ3v) is 4.72. The number of amides is 2. The van der Waals surface area contributed by atoms with Gasteiger partial charge in [-0.25, -0.2) is 0 Å². The number of rotatable bonds is 7. The van der Waals surface area contributed by atoms with Gasteiger partial charge in [0.15, 0.2) is 0 Å². The van der Waals surface area contributed by atoms with Crippen molar-refractivity contribution in [2.24, 2.45) is 0 Å². The van der Waals surface area contributed by atoms with Crippen LogP contribution in [0.2, 0.25) is 0 Å². The highest BCUT2D eigenvalue weighted by Crippen LogP contribution is 2.16. The first kappa shape index (κ1) is 18.4. The summed E-state index contributed by atoms with van der Waals surface area (Å²) in [7, 11) is 1.55. The van der Waals surface area contributed by atoms with Crippen LogP contribution in [0.3, 0.4) is 0 Å². The first-order valence-electron chi connectivity index (χ1n) is 8.28. The van der Waals surface area contributed by atoms with Crippen LogP contribution in [0, 0.1) is 0 Å². The molecule has 1 aromatic carbocycles. The Morgan fingerprint density at radius 2 is 2.23 bits per heavy atom. The standard InChI is InChI=1S/C17H20N4O4S/c1-24-10-14-20-21-17(26-14)16(23)19-12-5-2-4-11(8-12)15(22)18-9-13-6-3-7-25-13/h2,4-5,8,13H,3,6-7,9-10H2,1H3,(H,18,22)(H,19,23). The van der Waals surface area contributed by atoms with E-state index >= 15 is 0 Å². The van der Waals surface area contributed by atoms with Crippen molar-refractivity contribution in [3.8, 4) is 0 Å². The largest absolute Gasteiger partial charge is 0.377 e. The lowest BCUT2D eigenvalue weighted by atomic mass is 10.1. The van der Waals surface area contributed by atoms with Crippen molar-refractivity contribution in [3.63, 3.8) is 0 Å². The maximum atomic E-state index is 12.3. The summed E-state index contributed by atoms with van der Waals surface area (Å²) >= 11 is 1.17. The summed E-state index contributed by atoms with van der Waals surface area (Å²) in [5.41, 5.74) is 0.987. The molecule has 2 heterocycles. The Kier molecular flexibility index (Phi) is 6.26. The molecule has 2 amide bonds. The summed E-state index contributed by atoms with van der Waals surface area (Å²) in [6.45, 7) is 1.55. The summed E-state index contributed by atoms with van der Waals surface area (Å²) < 4.78 is 10.5. The molecular weight excluding hydrogens is 356 g/mol. The van der Waals surface area contributed by atoms with Crippen molar-refractivity contribution in [1.82, 2.24) is 15.5 Å². The Hall–Kier alpha value is -2.36. The Morgan fingerprint density at radius 3 is 3.00 bits per heavy atom. The van der Waals surface area contributed by atoms with E-state index in [4.69, 9.17) is 9.47 Å². The van der Waals surface area contributed by atoms with Gasteiger partial charge in [-0.15, -0.1) is 10.2 Å². The quantitative estimate of drug-likeness (QED) is 0.764. The summed E-state index contributed by atoms with van der Waals surface area (Å²) in [5, 5.41) is 14.2. The van der Waals surface area contributed by atoms with E-state index in [0.29, 0.717) is 29.4 Å². The van der Waals surface area contributed by atoms with Crippen molar-refractivity contribution in [2.45, 2.75) is 25.6 Å². The molecule has 9 heteroatoms. The number of ether oxygens (including phenoxy) is 2. The summed E-state index contributed by atoms with van der Waals surface area (Å²) in [6.07, 6.45) is 2.07. The van der Waals surface area contributed by atoms with Gasteiger partial charge in [-0.3, -0.25) is 9.59 Å². The minimum atomic E-state index is -0.373. The van der Waals surface area contributed by atoms with Crippen molar-refractivity contribution in [1.29, 1.82) is 0 Å². The van der Waals surface area contributed by atoms with Crippen LogP contribution in [-0.4, -0.2) is 48.4 Å². The molecule has 0 spiro atoms. The second-order valence-electron chi connectivity index (χ2n) is 5.81. The van der Waals surface area contributed by atoms with Crippen LogP contribution in [0.4, 0.5) is 5.69 Å². The maximum Gasteiger partial charge on any atom is 0.286 e. The van der Waals surface area contributed by atoms with Crippen molar-refractivity contribution in [3.05, 3.63) is 39.8 Å². The van der Waals surface area contributed by atoms with Crippen molar-refractivity contribution < 1.29 is 19.1 Å². The molecule has 26 heavy (non-hydrogen) atoms. The highest BCUT2D eigenvalue weighted by Gasteiger charge is 2.17. The molecular formula is C17H20N4O4S. The minimum Gasteiger partial charge on any atom is -0.377 e. The van der Waals surface area contributed by atoms with Crippen LogP contribution in [0.5, 0.6) is 0 Å². The highest BCUT2D eigenvalue weighted by molar-refractivity contribution is 7.13. The normalized spacial score (nSPS) is 16.4. The molecule has 2 N–H and O–H groups in total. The third kappa shape index (κ3) is 4.84. The topological polar surface area (TPSA) is 102 Å². The lowest BCUT2D eigenvalue weighted by molar-refractivity contribution is 0.0857. The SMILES string of the molecule is COCc1nnc(C(=O)Nc2cccc(C(=O)NCC3CCCO3)c2)s1. The van der Waals surface area contributed by atoms with E-state index in [1.165, 1.54) is 11.3 Å². The zero-order valence-electron chi connectivity index (χ0n) is 14.4. The van der Waals surface area contributed by atoms with Gasteiger partial charge in [-0.2, -0.15) is 0 Å². The van der Waals surface area contributed by atoms with E-state index < -0.39 is 0 Å². The number of anilines is 1. The number of carbonyl (C=O) groups excluding carboxylic acids is 2. The van der Waals surface area contributed by atoms with Gasteiger partial charge in [0.25, 0.3) is 11.8 Å². The molecule has 1 fully saturated rings. The first-order chi connectivity index (χ1) is 12.7. The van der Waals surface area contributed by atoms with Crippen LogP contribution < -0.4 is 10.6 Å². The van der Waals surface area contributed by atoms with Gasteiger partial charge in [0, 0.05) is 31.5 Å². The molecule has 1 atom stereocenters. The molecule has 1 aliphatic rings. The fraction of sp³-hybridized carbons (Fsp3) is 0.412. The third-order valence-electron chi connectivity index (χ3n) is 3.83. The van der Waals surface area contributed by atoms with E-state index in [9.17, 15) is 9.59 Å². The molecule has 1 unspecified atom stereocenters. The highest BCUT2D eigenvalue weighted by atomic mass is 32.1. The summed E-state index contributed by atoms with van der Waals surface area (Å²) in [6, 6.07) is 6.75. The van der Waals surface area contributed by atoms with Gasteiger partial charge >= 0.3 is 0 Å². The number of benzene rings is 1. The van der Waals surface area contributed by atoms with E-state index in [2.05, 4.69) is 20.8 Å². The Bertz CT molecular complexity index is 774. The summed E-state index contributed by atoms with van der Waals surface area (Å²) in [5.74, 6) is -0.573. The summed E-state index contributed by atoms with van der Waals surface area (Å²) in [4.78, 5) is 24.5. The molecule has 1 aliphatic heterocycles. The number of hydrogen-bond donors (Lipinski definition) is 2. The molecule has 8 nitrogen and oxygen atoms in total. The molecule has 138 valence electrons. The molecule has 0 bridgehead atoms. The van der Waals surface area contributed by atoms with Gasteiger partial charge in [0.2, 0.25) is 5.01 Å². The first-order valence-corrected chi connectivity index (χ1v) is 9.10. The molecule has 1 aromatic heterocycles. The van der Waals surface area contributed by atoms with Crippen LogP contribution in [0.1, 0.15) is 38.0 Å².